The highest BCUT2D eigenvalue weighted by Crippen LogP contribution is 2.29. The van der Waals surface area contributed by atoms with Crippen molar-refractivity contribution in [2.24, 2.45) is 5.92 Å². The molecule has 26 heavy (non-hydrogen) atoms. The first kappa shape index (κ1) is 16.8. The van der Waals surface area contributed by atoms with Gasteiger partial charge in [-0.25, -0.2) is 4.98 Å². The van der Waals surface area contributed by atoms with Crippen LogP contribution in [0, 0.1) is 24.2 Å². The monoisotopic (exact) mass is 349 g/mol. The highest BCUT2D eigenvalue weighted by Gasteiger charge is 2.28. The summed E-state index contributed by atoms with van der Waals surface area (Å²) in [6, 6.07) is 8.17. The average Bonchev–Trinajstić information content (AvgIpc) is 3.24. The average molecular weight is 349 g/mol. The standard InChI is InChI=1S/C18H20BN5O2/c1-11-9-21-18(24-17(11)23-16-4-2-3-12(16)8-20)22-14-5-6-15-13(7-14)10-26-19(15)25/h5-7,9,12,16,25H,2-4,10H2,1H3,(H2,21,22,23,24)/t12-,16+/m1/s1. The van der Waals surface area contributed by atoms with Gasteiger partial charge in [-0.05, 0) is 49.3 Å². The maximum atomic E-state index is 9.71. The number of aryl methyl sites for hydroxylation is 1. The lowest BCUT2D eigenvalue weighted by atomic mass is 9.79. The van der Waals surface area contributed by atoms with E-state index in [-0.39, 0.29) is 12.0 Å². The Morgan fingerprint density at radius 3 is 3.12 bits per heavy atom. The minimum atomic E-state index is -0.843. The number of benzene rings is 1. The van der Waals surface area contributed by atoms with E-state index in [2.05, 4.69) is 26.7 Å². The molecular weight excluding hydrogens is 329 g/mol. The van der Waals surface area contributed by atoms with Crippen LogP contribution in [-0.2, 0) is 11.3 Å². The third-order valence-corrected chi connectivity index (χ3v) is 5.04. The van der Waals surface area contributed by atoms with Gasteiger partial charge < -0.3 is 20.3 Å². The highest BCUT2D eigenvalue weighted by molar-refractivity contribution is 6.61. The maximum Gasteiger partial charge on any atom is 0.491 e. The van der Waals surface area contributed by atoms with Crippen molar-refractivity contribution < 1.29 is 9.68 Å². The molecule has 0 unspecified atom stereocenters. The molecule has 1 aromatic carbocycles. The van der Waals surface area contributed by atoms with Crippen molar-refractivity contribution in [3.05, 3.63) is 35.5 Å². The van der Waals surface area contributed by atoms with Gasteiger partial charge in [-0.3, -0.25) is 0 Å². The van der Waals surface area contributed by atoms with E-state index < -0.39 is 7.12 Å². The molecule has 0 amide bonds. The molecule has 0 spiro atoms. The van der Waals surface area contributed by atoms with E-state index in [9.17, 15) is 10.3 Å². The molecule has 1 aromatic heterocycles. The normalized spacial score (nSPS) is 21.3. The van der Waals surface area contributed by atoms with Crippen LogP contribution >= 0.6 is 0 Å². The Bertz CT molecular complexity index is 869. The summed E-state index contributed by atoms with van der Waals surface area (Å²) in [6.07, 6.45) is 4.76. The van der Waals surface area contributed by atoms with E-state index >= 15 is 0 Å². The fraction of sp³-hybridized carbons (Fsp3) is 0.389. The molecule has 2 aliphatic rings. The van der Waals surface area contributed by atoms with E-state index in [0.29, 0.717) is 12.6 Å². The Hall–Kier alpha value is -2.63. The van der Waals surface area contributed by atoms with Gasteiger partial charge in [0.2, 0.25) is 5.95 Å². The zero-order valence-electron chi connectivity index (χ0n) is 14.6. The molecule has 1 aliphatic heterocycles. The summed E-state index contributed by atoms with van der Waals surface area (Å²) in [7, 11) is -0.843. The Labute approximate surface area is 152 Å². The number of aromatic nitrogens is 2. The van der Waals surface area contributed by atoms with Crippen molar-refractivity contribution >= 4 is 30.0 Å². The summed E-state index contributed by atoms with van der Waals surface area (Å²) < 4.78 is 5.22. The van der Waals surface area contributed by atoms with Gasteiger partial charge in [0.15, 0.2) is 0 Å². The molecule has 7 nitrogen and oxygen atoms in total. The minimum Gasteiger partial charge on any atom is -0.423 e. The lowest BCUT2D eigenvalue weighted by Gasteiger charge is -2.18. The first-order valence-electron chi connectivity index (χ1n) is 8.83. The van der Waals surface area contributed by atoms with Crippen LogP contribution in [0.1, 0.15) is 30.4 Å². The van der Waals surface area contributed by atoms with Crippen molar-refractivity contribution in [2.75, 3.05) is 10.6 Å². The second kappa shape index (κ2) is 6.94. The molecule has 1 saturated carbocycles. The van der Waals surface area contributed by atoms with Gasteiger partial charge in [-0.15, -0.1) is 0 Å². The van der Waals surface area contributed by atoms with Gasteiger partial charge in [-0.1, -0.05) is 6.07 Å². The number of fused-ring (bicyclic) bond motifs is 1. The summed E-state index contributed by atoms with van der Waals surface area (Å²) in [5.74, 6) is 1.28. The quantitative estimate of drug-likeness (QED) is 0.724. The molecule has 4 rings (SSSR count). The molecule has 2 aromatic rings. The Kier molecular flexibility index (Phi) is 4.49. The van der Waals surface area contributed by atoms with E-state index in [0.717, 1.165) is 47.4 Å². The highest BCUT2D eigenvalue weighted by atomic mass is 16.5. The zero-order chi connectivity index (χ0) is 18.1. The number of nitrogens with zero attached hydrogens (tertiary/aromatic N) is 3. The van der Waals surface area contributed by atoms with Crippen LogP contribution < -0.4 is 16.1 Å². The third-order valence-electron chi connectivity index (χ3n) is 5.04. The smallest absolute Gasteiger partial charge is 0.423 e. The van der Waals surface area contributed by atoms with E-state index in [4.69, 9.17) is 4.65 Å². The topological polar surface area (TPSA) is 103 Å². The van der Waals surface area contributed by atoms with Crippen LogP contribution in [0.2, 0.25) is 0 Å². The fourth-order valence-corrected chi connectivity index (χ4v) is 3.55. The van der Waals surface area contributed by atoms with Crippen molar-refractivity contribution in [3.8, 4) is 6.07 Å². The molecular formula is C18H20BN5O2. The summed E-state index contributed by atoms with van der Waals surface area (Å²) >= 11 is 0. The van der Waals surface area contributed by atoms with Crippen LogP contribution in [0.4, 0.5) is 17.5 Å². The van der Waals surface area contributed by atoms with Crippen molar-refractivity contribution in [3.63, 3.8) is 0 Å². The Balaban J connectivity index is 1.52. The van der Waals surface area contributed by atoms with Gasteiger partial charge in [0, 0.05) is 23.5 Å². The summed E-state index contributed by atoms with van der Waals surface area (Å²) in [6.45, 7) is 2.35. The maximum absolute atomic E-state index is 9.71. The second-order valence-corrected chi connectivity index (χ2v) is 6.84. The molecule has 1 aliphatic carbocycles. The lowest BCUT2D eigenvalue weighted by Crippen LogP contribution is -2.27. The SMILES string of the molecule is Cc1cnc(Nc2ccc3c(c2)COB3O)nc1N[C@H]1CCC[C@@H]1C#N. The van der Waals surface area contributed by atoms with Gasteiger partial charge in [0.05, 0.1) is 18.6 Å². The first-order valence-corrected chi connectivity index (χ1v) is 8.83. The first-order chi connectivity index (χ1) is 12.6. The molecule has 0 saturated heterocycles. The molecule has 132 valence electrons. The summed E-state index contributed by atoms with van der Waals surface area (Å²) in [5.41, 5.74) is 3.54. The predicted molar refractivity (Wildman–Crippen MR) is 99.3 cm³/mol. The van der Waals surface area contributed by atoms with Crippen LogP contribution in [0.25, 0.3) is 0 Å². The number of rotatable bonds is 4. The van der Waals surface area contributed by atoms with Crippen LogP contribution in [0.5, 0.6) is 0 Å². The molecule has 2 heterocycles. The summed E-state index contributed by atoms with van der Waals surface area (Å²) in [4.78, 5) is 8.93. The van der Waals surface area contributed by atoms with Crippen molar-refractivity contribution in [1.29, 1.82) is 5.26 Å². The minimum absolute atomic E-state index is 0.0314. The van der Waals surface area contributed by atoms with Gasteiger partial charge >= 0.3 is 7.12 Å². The van der Waals surface area contributed by atoms with Gasteiger partial charge in [0.1, 0.15) is 5.82 Å². The van der Waals surface area contributed by atoms with Crippen LogP contribution in [-0.4, -0.2) is 28.2 Å². The van der Waals surface area contributed by atoms with Crippen LogP contribution in [0.3, 0.4) is 0 Å². The van der Waals surface area contributed by atoms with Gasteiger partial charge in [-0.2, -0.15) is 10.2 Å². The molecule has 0 radical (unpaired) electrons. The zero-order valence-corrected chi connectivity index (χ0v) is 14.6. The largest absolute Gasteiger partial charge is 0.491 e. The Morgan fingerprint density at radius 1 is 1.38 bits per heavy atom. The van der Waals surface area contributed by atoms with Gasteiger partial charge in [0.25, 0.3) is 0 Å². The Morgan fingerprint density at radius 2 is 2.27 bits per heavy atom. The molecule has 0 bridgehead atoms. The van der Waals surface area contributed by atoms with E-state index in [1.807, 2.05) is 25.1 Å². The second-order valence-electron chi connectivity index (χ2n) is 6.84. The van der Waals surface area contributed by atoms with Crippen LogP contribution in [0.15, 0.2) is 24.4 Å². The number of nitriles is 1. The number of anilines is 3. The molecule has 2 atom stereocenters. The summed E-state index contributed by atoms with van der Waals surface area (Å²) in [5, 5.41) is 25.6. The van der Waals surface area contributed by atoms with E-state index in [1.165, 1.54) is 0 Å². The number of hydrogen-bond donors (Lipinski definition) is 3. The van der Waals surface area contributed by atoms with E-state index in [1.54, 1.807) is 6.20 Å². The molecule has 1 fully saturated rings. The lowest BCUT2D eigenvalue weighted by molar-refractivity contribution is 0.275. The molecule has 8 heteroatoms. The van der Waals surface area contributed by atoms with Crippen molar-refractivity contribution in [2.45, 2.75) is 38.8 Å². The fourth-order valence-electron chi connectivity index (χ4n) is 3.55. The van der Waals surface area contributed by atoms with Crippen molar-refractivity contribution in [1.82, 2.24) is 9.97 Å². The predicted octanol–water partition coefficient (Wildman–Crippen LogP) is 1.85. The molecule has 3 N–H and O–H groups in total. The third kappa shape index (κ3) is 3.23. The number of nitrogens with one attached hydrogen (secondary N) is 2. The number of hydrogen-bond acceptors (Lipinski definition) is 7.